The van der Waals surface area contributed by atoms with Crippen molar-refractivity contribution in [3.63, 3.8) is 0 Å². The van der Waals surface area contributed by atoms with Gasteiger partial charge >= 0.3 is 0 Å². The first-order valence-electron chi connectivity index (χ1n) is 6.71. The van der Waals surface area contributed by atoms with Gasteiger partial charge in [0.15, 0.2) is 0 Å². The van der Waals surface area contributed by atoms with Crippen LogP contribution in [0.15, 0.2) is 58.3 Å². The molecule has 0 aromatic heterocycles. The molecule has 0 aliphatic rings. The zero-order chi connectivity index (χ0) is 13.7. The zero-order valence-electron chi connectivity index (χ0n) is 11.8. The lowest BCUT2D eigenvalue weighted by atomic mass is 10.2. The second kappa shape index (κ2) is 6.78. The summed E-state index contributed by atoms with van der Waals surface area (Å²) in [5.74, 6) is 0. The molecule has 0 atom stereocenters. The molecule has 1 nitrogen and oxygen atoms in total. The normalized spacial score (nSPS) is 10.9. The first-order valence-corrected chi connectivity index (χ1v) is 7.53. The van der Waals surface area contributed by atoms with Crippen LogP contribution >= 0.6 is 11.8 Å². The number of benzene rings is 2. The van der Waals surface area contributed by atoms with Crippen LogP contribution < -0.4 is 5.32 Å². The Labute approximate surface area is 120 Å². The summed E-state index contributed by atoms with van der Waals surface area (Å²) >= 11 is 1.85. The zero-order valence-corrected chi connectivity index (χ0v) is 12.6. The topological polar surface area (TPSA) is 12.0 Å². The monoisotopic (exact) mass is 271 g/mol. The van der Waals surface area contributed by atoms with Gasteiger partial charge in [0.25, 0.3) is 0 Å². The molecular formula is C17H21NS. The minimum absolute atomic E-state index is 0.511. The molecular weight excluding hydrogens is 250 g/mol. The van der Waals surface area contributed by atoms with Gasteiger partial charge in [0.1, 0.15) is 0 Å². The first kappa shape index (κ1) is 14.2. The molecule has 0 saturated carbocycles. The maximum atomic E-state index is 3.49. The molecule has 0 aliphatic carbocycles. The summed E-state index contributed by atoms with van der Waals surface area (Å²) in [6.07, 6.45) is 0. The summed E-state index contributed by atoms with van der Waals surface area (Å²) < 4.78 is 0. The smallest absolute Gasteiger partial charge is 0.0219 e. The van der Waals surface area contributed by atoms with E-state index in [0.717, 1.165) is 6.54 Å². The molecule has 1 N–H and O–H groups in total. The fraction of sp³-hybridized carbons (Fsp3) is 0.294. The van der Waals surface area contributed by atoms with Crippen molar-refractivity contribution in [1.82, 2.24) is 5.32 Å². The Bertz CT molecular complexity index is 534. The Morgan fingerprint density at radius 2 is 1.58 bits per heavy atom. The lowest BCUT2D eigenvalue weighted by molar-refractivity contribution is 0.585. The number of hydrogen-bond donors (Lipinski definition) is 1. The van der Waals surface area contributed by atoms with Crippen LogP contribution in [0, 0.1) is 6.92 Å². The van der Waals surface area contributed by atoms with Crippen molar-refractivity contribution in [2.24, 2.45) is 0 Å². The Balaban J connectivity index is 2.18. The van der Waals surface area contributed by atoms with Crippen LogP contribution in [0.25, 0.3) is 0 Å². The Morgan fingerprint density at radius 1 is 0.947 bits per heavy atom. The second-order valence-corrected chi connectivity index (χ2v) is 6.09. The molecule has 0 saturated heterocycles. The van der Waals surface area contributed by atoms with Crippen LogP contribution in [-0.4, -0.2) is 6.04 Å². The number of rotatable bonds is 5. The molecule has 2 aromatic carbocycles. The summed E-state index contributed by atoms with van der Waals surface area (Å²) in [7, 11) is 0. The van der Waals surface area contributed by atoms with Crippen molar-refractivity contribution in [3.8, 4) is 0 Å². The van der Waals surface area contributed by atoms with E-state index < -0.39 is 0 Å². The highest BCUT2D eigenvalue weighted by Gasteiger charge is 2.06. The molecule has 19 heavy (non-hydrogen) atoms. The van der Waals surface area contributed by atoms with E-state index in [9.17, 15) is 0 Å². The second-order valence-electron chi connectivity index (χ2n) is 5.01. The highest BCUT2D eigenvalue weighted by atomic mass is 32.2. The predicted octanol–water partition coefficient (Wildman–Crippen LogP) is 4.64. The third-order valence-corrected chi connectivity index (χ3v) is 4.28. The minimum atomic E-state index is 0.511. The maximum Gasteiger partial charge on any atom is 0.0219 e. The molecule has 2 rings (SSSR count). The van der Waals surface area contributed by atoms with E-state index in [2.05, 4.69) is 74.6 Å². The molecule has 0 radical (unpaired) electrons. The Hall–Kier alpha value is -1.25. The Kier molecular flexibility index (Phi) is 5.06. The van der Waals surface area contributed by atoms with E-state index in [1.807, 2.05) is 11.8 Å². The summed E-state index contributed by atoms with van der Waals surface area (Å²) in [5.41, 5.74) is 2.70. The van der Waals surface area contributed by atoms with Crippen molar-refractivity contribution in [2.75, 3.05) is 0 Å². The highest BCUT2D eigenvalue weighted by molar-refractivity contribution is 7.99. The molecule has 0 aliphatic heterocycles. The molecule has 0 spiro atoms. The van der Waals surface area contributed by atoms with Crippen molar-refractivity contribution < 1.29 is 0 Å². The molecule has 0 fully saturated rings. The van der Waals surface area contributed by atoms with E-state index in [4.69, 9.17) is 0 Å². The summed E-state index contributed by atoms with van der Waals surface area (Å²) in [6.45, 7) is 7.44. The van der Waals surface area contributed by atoms with Gasteiger partial charge in [-0.15, -0.1) is 0 Å². The van der Waals surface area contributed by atoms with Gasteiger partial charge < -0.3 is 5.32 Å². The largest absolute Gasteiger partial charge is 0.310 e. The van der Waals surface area contributed by atoms with E-state index in [0.29, 0.717) is 6.04 Å². The summed E-state index contributed by atoms with van der Waals surface area (Å²) in [4.78, 5) is 2.67. The van der Waals surface area contributed by atoms with Crippen LogP contribution in [0.3, 0.4) is 0 Å². The number of nitrogens with one attached hydrogen (secondary N) is 1. The Morgan fingerprint density at radius 3 is 2.26 bits per heavy atom. The average Bonchev–Trinajstić information content (AvgIpc) is 2.40. The van der Waals surface area contributed by atoms with Crippen LogP contribution in [0.2, 0.25) is 0 Å². The maximum absolute atomic E-state index is 3.49. The van der Waals surface area contributed by atoms with Gasteiger partial charge in [0.2, 0.25) is 0 Å². The highest BCUT2D eigenvalue weighted by Crippen LogP contribution is 2.32. The summed E-state index contributed by atoms with van der Waals surface area (Å²) in [5, 5.41) is 3.49. The standard InChI is InChI=1S/C17H21NS/c1-13(2)18-12-15-9-5-7-11-17(15)19-16-10-6-4-8-14(16)3/h4-11,13,18H,12H2,1-3H3. The quantitative estimate of drug-likeness (QED) is 0.850. The van der Waals surface area contributed by atoms with E-state index >= 15 is 0 Å². The lowest BCUT2D eigenvalue weighted by Crippen LogP contribution is -2.22. The van der Waals surface area contributed by atoms with Gasteiger partial charge in [-0.2, -0.15) is 0 Å². The first-order chi connectivity index (χ1) is 9.16. The third kappa shape index (κ3) is 4.12. The average molecular weight is 271 g/mol. The van der Waals surface area contributed by atoms with Crippen molar-refractivity contribution in [3.05, 3.63) is 59.7 Å². The molecule has 0 heterocycles. The van der Waals surface area contributed by atoms with Crippen LogP contribution in [0.5, 0.6) is 0 Å². The van der Waals surface area contributed by atoms with Gasteiger partial charge in [-0.25, -0.2) is 0 Å². The van der Waals surface area contributed by atoms with Gasteiger partial charge in [-0.1, -0.05) is 62.0 Å². The van der Waals surface area contributed by atoms with Crippen molar-refractivity contribution in [2.45, 2.75) is 43.1 Å². The minimum Gasteiger partial charge on any atom is -0.310 e. The SMILES string of the molecule is Cc1ccccc1Sc1ccccc1CNC(C)C. The lowest BCUT2D eigenvalue weighted by Gasteiger charge is -2.13. The summed E-state index contributed by atoms with van der Waals surface area (Å²) in [6, 6.07) is 17.7. The predicted molar refractivity (Wildman–Crippen MR) is 83.7 cm³/mol. The van der Waals surface area contributed by atoms with Crippen LogP contribution in [-0.2, 0) is 6.54 Å². The van der Waals surface area contributed by atoms with Crippen LogP contribution in [0.4, 0.5) is 0 Å². The molecule has 0 amide bonds. The molecule has 0 unspecified atom stereocenters. The van der Waals surface area contributed by atoms with Gasteiger partial charge in [0, 0.05) is 22.4 Å². The van der Waals surface area contributed by atoms with Gasteiger partial charge in [0.05, 0.1) is 0 Å². The molecule has 100 valence electrons. The molecule has 2 aromatic rings. The van der Waals surface area contributed by atoms with Crippen LogP contribution in [0.1, 0.15) is 25.0 Å². The number of aryl methyl sites for hydroxylation is 1. The van der Waals surface area contributed by atoms with E-state index in [1.165, 1.54) is 20.9 Å². The molecule has 0 bridgehead atoms. The fourth-order valence-corrected chi connectivity index (χ4v) is 2.88. The van der Waals surface area contributed by atoms with Crippen molar-refractivity contribution >= 4 is 11.8 Å². The van der Waals surface area contributed by atoms with Gasteiger partial charge in [-0.05, 0) is 30.2 Å². The fourth-order valence-electron chi connectivity index (χ4n) is 1.85. The molecule has 2 heteroatoms. The van der Waals surface area contributed by atoms with E-state index in [-0.39, 0.29) is 0 Å². The third-order valence-electron chi connectivity index (χ3n) is 2.99. The van der Waals surface area contributed by atoms with Crippen molar-refractivity contribution in [1.29, 1.82) is 0 Å². The van der Waals surface area contributed by atoms with E-state index in [1.54, 1.807) is 0 Å². The van der Waals surface area contributed by atoms with Gasteiger partial charge in [-0.3, -0.25) is 0 Å². The number of hydrogen-bond acceptors (Lipinski definition) is 2.